The maximum atomic E-state index is 12.7. The molecule has 31 heavy (non-hydrogen) atoms. The number of nitriles is 2. The molecule has 12 heteroatoms. The first-order valence-electron chi connectivity index (χ1n) is 10.1. The molecule has 0 aliphatic heterocycles. The van der Waals surface area contributed by atoms with Crippen molar-refractivity contribution in [3.05, 3.63) is 26.7 Å². The number of ether oxygens (including phenoxy) is 2. The summed E-state index contributed by atoms with van der Waals surface area (Å²) < 4.78 is 16.3. The van der Waals surface area contributed by atoms with E-state index in [4.69, 9.17) is 14.9 Å². The van der Waals surface area contributed by atoms with Crippen LogP contribution in [0.15, 0.2) is 24.0 Å². The lowest BCUT2D eigenvalue weighted by Gasteiger charge is -2.08. The van der Waals surface area contributed by atoms with E-state index in [0.717, 1.165) is 38.5 Å². The molecule has 0 bridgehead atoms. The van der Waals surface area contributed by atoms with Crippen LogP contribution in [0.2, 0.25) is 0 Å². The molecule has 0 fully saturated rings. The zero-order chi connectivity index (χ0) is 22.7. The molecule has 0 aromatic carbocycles. The van der Waals surface area contributed by atoms with Crippen molar-refractivity contribution in [2.45, 2.75) is 64.6 Å². The summed E-state index contributed by atoms with van der Waals surface area (Å²) in [6.45, 7) is 0.901. The standard InChI is InChI=1S/C19H26N6O6/c20-13-29-12-8-4-3-7-11-24-17(23-10-6-2-1-5-9-22-15-26)31-19(28)25(18(24)27)16-30-14-21/h1-12,16H2. The Kier molecular flexibility index (Phi) is 13.3. The van der Waals surface area contributed by atoms with Gasteiger partial charge in [0.15, 0.2) is 6.73 Å². The first-order valence-corrected chi connectivity index (χ1v) is 10.1. The largest absolute Gasteiger partial charge is 0.428 e. The minimum Gasteiger partial charge on any atom is -0.428 e. The highest BCUT2D eigenvalue weighted by molar-refractivity contribution is 5.32. The van der Waals surface area contributed by atoms with Gasteiger partial charge in [-0.1, -0.05) is 19.3 Å². The van der Waals surface area contributed by atoms with Gasteiger partial charge in [-0.3, -0.25) is 0 Å². The van der Waals surface area contributed by atoms with E-state index in [0.29, 0.717) is 37.1 Å². The topological polar surface area (TPSA) is 165 Å². The van der Waals surface area contributed by atoms with E-state index in [1.54, 1.807) is 6.26 Å². The number of isocyanates is 1. The summed E-state index contributed by atoms with van der Waals surface area (Å²) in [5, 5.41) is 16.9. The van der Waals surface area contributed by atoms with Crippen LogP contribution in [0, 0.1) is 23.0 Å². The number of rotatable bonds is 16. The number of nitrogens with zero attached hydrogens (tertiary/aromatic N) is 6. The van der Waals surface area contributed by atoms with Crippen LogP contribution in [0.1, 0.15) is 51.4 Å². The van der Waals surface area contributed by atoms with Crippen molar-refractivity contribution in [3.63, 3.8) is 0 Å². The molecule has 1 heterocycles. The molecule has 0 amide bonds. The molecule has 0 N–H and O–H groups in total. The van der Waals surface area contributed by atoms with Gasteiger partial charge in [-0.2, -0.15) is 15.1 Å². The highest BCUT2D eigenvalue weighted by atomic mass is 16.5. The Hall–Kier alpha value is -3.63. The summed E-state index contributed by atoms with van der Waals surface area (Å²) in [5.74, 6) is -0.948. The lowest BCUT2D eigenvalue weighted by atomic mass is 10.2. The zero-order valence-corrected chi connectivity index (χ0v) is 17.3. The smallest absolute Gasteiger partial charge is 0.428 e. The predicted octanol–water partition coefficient (Wildman–Crippen LogP) is 0.913. The van der Waals surface area contributed by atoms with Crippen LogP contribution in [0.25, 0.3) is 0 Å². The summed E-state index contributed by atoms with van der Waals surface area (Å²) in [6.07, 6.45) is 10.7. The fraction of sp³-hybridized carbons (Fsp3) is 0.684. The first-order chi connectivity index (χ1) is 15.2. The summed E-state index contributed by atoms with van der Waals surface area (Å²) in [4.78, 5) is 42.5. The molecule has 0 saturated carbocycles. The van der Waals surface area contributed by atoms with E-state index in [2.05, 4.69) is 19.5 Å². The van der Waals surface area contributed by atoms with Gasteiger partial charge in [0.2, 0.25) is 6.08 Å². The van der Waals surface area contributed by atoms with E-state index >= 15 is 0 Å². The fourth-order valence-electron chi connectivity index (χ4n) is 2.72. The highest BCUT2D eigenvalue weighted by Gasteiger charge is 2.11. The molecule has 1 rings (SSSR count). The Morgan fingerprint density at radius 3 is 2.26 bits per heavy atom. The minimum absolute atomic E-state index is 0.0680. The van der Waals surface area contributed by atoms with Crippen LogP contribution in [0.4, 0.5) is 0 Å². The maximum Gasteiger partial charge on any atom is 0.428 e. The van der Waals surface area contributed by atoms with Gasteiger partial charge >= 0.3 is 17.1 Å². The molecule has 0 unspecified atom stereocenters. The summed E-state index contributed by atoms with van der Waals surface area (Å²) >= 11 is 0. The Morgan fingerprint density at radius 1 is 0.871 bits per heavy atom. The van der Waals surface area contributed by atoms with Crippen molar-refractivity contribution in [2.24, 2.45) is 9.98 Å². The average Bonchev–Trinajstić information content (AvgIpc) is 2.76. The number of carbonyl (C=O) groups excluding carboxylic acids is 1. The lowest BCUT2D eigenvalue weighted by Crippen LogP contribution is -2.47. The number of aromatic nitrogens is 2. The molecule has 0 aliphatic carbocycles. The predicted molar refractivity (Wildman–Crippen MR) is 106 cm³/mol. The maximum absolute atomic E-state index is 12.7. The third kappa shape index (κ3) is 10.1. The zero-order valence-electron chi connectivity index (χ0n) is 17.3. The van der Waals surface area contributed by atoms with E-state index in [-0.39, 0.29) is 12.2 Å². The van der Waals surface area contributed by atoms with Crippen molar-refractivity contribution < 1.29 is 18.7 Å². The van der Waals surface area contributed by atoms with Crippen LogP contribution < -0.4 is 17.1 Å². The summed E-state index contributed by atoms with van der Waals surface area (Å²) in [6, 6.07) is 0. The second-order valence-corrected chi connectivity index (χ2v) is 6.50. The molecule has 1 aromatic heterocycles. The van der Waals surface area contributed by atoms with Gasteiger partial charge in [-0.25, -0.2) is 28.9 Å². The highest BCUT2D eigenvalue weighted by Crippen LogP contribution is 2.01. The molecule has 0 aliphatic rings. The van der Waals surface area contributed by atoms with Gasteiger partial charge in [0.25, 0.3) is 12.5 Å². The molecule has 0 spiro atoms. The van der Waals surface area contributed by atoms with E-state index in [1.807, 2.05) is 0 Å². The normalized spacial score (nSPS) is 10.7. The van der Waals surface area contributed by atoms with Gasteiger partial charge in [0, 0.05) is 13.1 Å². The third-order valence-corrected chi connectivity index (χ3v) is 4.28. The van der Waals surface area contributed by atoms with E-state index < -0.39 is 18.2 Å². The lowest BCUT2D eigenvalue weighted by molar-refractivity contribution is 0.157. The average molecular weight is 434 g/mol. The quantitative estimate of drug-likeness (QED) is 0.160. The SMILES string of the molecule is N#COCCCCCCn1c(=NCCCCCCN=C=O)oc(=O)n(COC#N)c1=O. The van der Waals surface area contributed by atoms with Gasteiger partial charge in [0.1, 0.15) is 6.61 Å². The van der Waals surface area contributed by atoms with Crippen LogP contribution in [0.3, 0.4) is 0 Å². The van der Waals surface area contributed by atoms with Gasteiger partial charge in [-0.05, 0) is 32.1 Å². The first kappa shape index (κ1) is 25.4. The number of hydrogen-bond donors (Lipinski definition) is 0. The molecule has 0 atom stereocenters. The second kappa shape index (κ2) is 16.2. The van der Waals surface area contributed by atoms with Crippen molar-refractivity contribution in [1.82, 2.24) is 9.13 Å². The molecular weight excluding hydrogens is 408 g/mol. The van der Waals surface area contributed by atoms with Crippen LogP contribution in [-0.4, -0.2) is 34.9 Å². The Morgan fingerprint density at radius 2 is 1.55 bits per heavy atom. The Bertz CT molecular complexity index is 974. The van der Waals surface area contributed by atoms with Gasteiger partial charge < -0.3 is 13.9 Å². The molecule has 0 radical (unpaired) electrons. The minimum atomic E-state index is -0.948. The number of hydrogen-bond acceptors (Lipinski definition) is 10. The van der Waals surface area contributed by atoms with Crippen molar-refractivity contribution in [2.75, 3.05) is 19.7 Å². The monoisotopic (exact) mass is 434 g/mol. The Labute approximate surface area is 178 Å². The number of aliphatic imine (C=N–C) groups is 1. The summed E-state index contributed by atoms with van der Waals surface area (Å²) in [7, 11) is 0. The third-order valence-electron chi connectivity index (χ3n) is 4.28. The van der Waals surface area contributed by atoms with Crippen molar-refractivity contribution >= 4 is 6.08 Å². The second-order valence-electron chi connectivity index (χ2n) is 6.50. The number of unbranched alkanes of at least 4 members (excludes halogenated alkanes) is 6. The van der Waals surface area contributed by atoms with Crippen molar-refractivity contribution in [3.8, 4) is 12.5 Å². The Balaban J connectivity index is 2.80. The molecular formula is C19H26N6O6. The summed E-state index contributed by atoms with van der Waals surface area (Å²) in [5.41, 5.74) is -0.730. The molecule has 1 aromatic rings. The van der Waals surface area contributed by atoms with Crippen molar-refractivity contribution in [1.29, 1.82) is 10.5 Å². The molecule has 0 saturated heterocycles. The van der Waals surface area contributed by atoms with Crippen LogP contribution in [-0.2, 0) is 27.5 Å². The van der Waals surface area contributed by atoms with E-state index in [1.165, 1.54) is 16.9 Å². The molecule has 168 valence electrons. The van der Waals surface area contributed by atoms with Gasteiger partial charge in [-0.15, -0.1) is 0 Å². The fourth-order valence-corrected chi connectivity index (χ4v) is 2.72. The van der Waals surface area contributed by atoms with Gasteiger partial charge in [0.05, 0.1) is 6.54 Å². The van der Waals surface area contributed by atoms with E-state index in [9.17, 15) is 14.4 Å². The van der Waals surface area contributed by atoms with Crippen LogP contribution >= 0.6 is 0 Å². The van der Waals surface area contributed by atoms with Crippen LogP contribution in [0.5, 0.6) is 0 Å². The molecule has 12 nitrogen and oxygen atoms in total.